The Morgan fingerprint density at radius 3 is 2.41 bits per heavy atom. The van der Waals surface area contributed by atoms with Gasteiger partial charge in [-0.25, -0.2) is 0 Å². The number of hydrogen-bond acceptors (Lipinski definition) is 6. The van der Waals surface area contributed by atoms with E-state index in [4.69, 9.17) is 24.1 Å². The van der Waals surface area contributed by atoms with E-state index in [2.05, 4.69) is 76.3 Å². The zero-order valence-corrected chi connectivity index (χ0v) is 27.1. The zero-order valence-electron chi connectivity index (χ0n) is 27.3. The predicted octanol–water partition coefficient (Wildman–Crippen LogP) is 5.95. The number of likely N-dealkylation sites (N-methyl/N-ethyl adjacent to an activating group) is 2. The summed E-state index contributed by atoms with van der Waals surface area (Å²) in [6.45, 7) is 21.2. The molecule has 2 aliphatic heterocycles. The highest BCUT2D eigenvalue weighted by atomic mass is 32.1. The van der Waals surface area contributed by atoms with Crippen LogP contribution in [0.1, 0.15) is 85.1 Å². The Balaban J connectivity index is 0.000000523. The molecule has 2 heterocycles. The summed E-state index contributed by atoms with van der Waals surface area (Å²) < 4.78 is 12.2. The van der Waals surface area contributed by atoms with Crippen LogP contribution in [0, 0.1) is 5.92 Å². The lowest BCUT2D eigenvalue weighted by Crippen LogP contribution is -2.31. The third kappa shape index (κ3) is 11.0. The summed E-state index contributed by atoms with van der Waals surface area (Å²) >= 11 is 5.55. The first-order valence-electron chi connectivity index (χ1n) is 16.2. The van der Waals surface area contributed by atoms with Crippen LogP contribution in [-0.2, 0) is 6.42 Å². The summed E-state index contributed by atoms with van der Waals surface area (Å²) in [6, 6.07) is 5.27. The molecular formula is C33H55BN4O2S. The maximum Gasteiger partial charge on any atom is 0.262 e. The molecule has 6 atom stereocenters. The van der Waals surface area contributed by atoms with Crippen LogP contribution in [0.5, 0.6) is 11.5 Å². The third-order valence-corrected chi connectivity index (χ3v) is 8.62. The minimum atomic E-state index is 0. The van der Waals surface area contributed by atoms with E-state index >= 15 is 0 Å². The number of nitrogens with one attached hydrogen (secondary N) is 1. The SMILES string of the molecule is C=C(C)[C@@H]1CCC(C)=C[C@H]1c1c(O)cc(CCCCC)cc1OC(=S)NCC1CN1CC.CCN1CC1CN.[2H]C[B]. The number of nitrogens with two attached hydrogens (primary N) is 1. The van der Waals surface area contributed by atoms with Gasteiger partial charge in [-0.1, -0.05) is 64.2 Å². The van der Waals surface area contributed by atoms with E-state index in [0.29, 0.717) is 22.7 Å². The van der Waals surface area contributed by atoms with Gasteiger partial charge >= 0.3 is 0 Å². The van der Waals surface area contributed by atoms with E-state index in [1.165, 1.54) is 31.5 Å². The zero-order chi connectivity index (χ0) is 31.2. The molecule has 2 radical (unpaired) electrons. The third-order valence-electron chi connectivity index (χ3n) is 8.39. The fourth-order valence-corrected chi connectivity index (χ4v) is 5.87. The number of allylic oxidation sites excluding steroid dienone is 3. The Morgan fingerprint density at radius 2 is 1.88 bits per heavy atom. The van der Waals surface area contributed by atoms with Gasteiger partial charge < -0.3 is 20.9 Å². The summed E-state index contributed by atoms with van der Waals surface area (Å²) in [7, 11) is 4.51. The average molecular weight is 584 g/mol. The lowest BCUT2D eigenvalue weighted by Gasteiger charge is -2.32. The number of phenolic OH excluding ortho intramolecular Hbond substituents is 1. The monoisotopic (exact) mass is 583 g/mol. The number of phenols is 1. The minimum absolute atomic E-state index is 0. The molecule has 0 aromatic heterocycles. The fraction of sp³-hybridized carbons (Fsp3) is 0.667. The van der Waals surface area contributed by atoms with E-state index in [0.717, 1.165) is 74.6 Å². The molecule has 3 aliphatic rings. The molecule has 4 rings (SSSR count). The van der Waals surface area contributed by atoms with Crippen LogP contribution in [0.25, 0.3) is 0 Å². The molecule has 1 aromatic carbocycles. The number of unbranched alkanes of at least 4 members (excludes halogenated alkanes) is 2. The van der Waals surface area contributed by atoms with Crippen molar-refractivity contribution in [1.29, 1.82) is 0 Å². The Kier molecular flexibility index (Phi) is 14.7. The number of aromatic hydroxyl groups is 1. The van der Waals surface area contributed by atoms with Gasteiger partial charge in [0, 0.05) is 51.1 Å². The normalized spacial score (nSPS) is 26.2. The van der Waals surface area contributed by atoms with Crippen molar-refractivity contribution >= 4 is 25.2 Å². The fourth-order valence-electron chi connectivity index (χ4n) is 5.69. The van der Waals surface area contributed by atoms with Crippen molar-refractivity contribution in [3.63, 3.8) is 0 Å². The van der Waals surface area contributed by atoms with Gasteiger partial charge in [0.05, 0.1) is 7.85 Å². The topological polar surface area (TPSA) is 73.5 Å². The minimum Gasteiger partial charge on any atom is -0.507 e. The van der Waals surface area contributed by atoms with Crippen molar-refractivity contribution in [2.75, 3.05) is 39.3 Å². The molecule has 1 aromatic rings. The van der Waals surface area contributed by atoms with E-state index in [-0.39, 0.29) is 18.6 Å². The van der Waals surface area contributed by atoms with E-state index < -0.39 is 0 Å². The van der Waals surface area contributed by atoms with Crippen molar-refractivity contribution in [3.05, 3.63) is 47.1 Å². The summed E-state index contributed by atoms with van der Waals surface area (Å²) in [6.07, 6.45) is 8.76. The predicted molar refractivity (Wildman–Crippen MR) is 179 cm³/mol. The van der Waals surface area contributed by atoms with Gasteiger partial charge in [0.25, 0.3) is 5.17 Å². The molecule has 4 N–H and O–H groups in total. The second-order valence-corrected chi connectivity index (χ2v) is 11.9. The van der Waals surface area contributed by atoms with Gasteiger partial charge in [0.15, 0.2) is 0 Å². The van der Waals surface area contributed by atoms with Crippen LogP contribution in [0.3, 0.4) is 0 Å². The average Bonchev–Trinajstić information content (AvgIpc) is 3.87. The van der Waals surface area contributed by atoms with E-state index in [9.17, 15) is 5.11 Å². The molecular weight excluding hydrogens is 527 g/mol. The van der Waals surface area contributed by atoms with Crippen LogP contribution < -0.4 is 15.8 Å². The molecule has 6 nitrogen and oxygen atoms in total. The van der Waals surface area contributed by atoms with Crippen molar-refractivity contribution in [2.45, 2.75) is 97.9 Å². The van der Waals surface area contributed by atoms with Gasteiger partial charge in [-0.3, -0.25) is 9.80 Å². The molecule has 0 spiro atoms. The second kappa shape index (κ2) is 17.9. The quantitative estimate of drug-likeness (QED) is 0.0924. The van der Waals surface area contributed by atoms with Crippen molar-refractivity contribution < 1.29 is 11.2 Å². The maximum atomic E-state index is 11.2. The number of aryl methyl sites for hydroxylation is 1. The van der Waals surface area contributed by atoms with Crippen LogP contribution in [0.15, 0.2) is 35.9 Å². The van der Waals surface area contributed by atoms with Gasteiger partial charge in [-0.2, -0.15) is 0 Å². The van der Waals surface area contributed by atoms with E-state index in [1.54, 1.807) is 0 Å². The largest absolute Gasteiger partial charge is 0.507 e. The van der Waals surface area contributed by atoms with E-state index in [1.807, 2.05) is 6.07 Å². The summed E-state index contributed by atoms with van der Waals surface area (Å²) in [4.78, 5) is 4.73. The Hall–Kier alpha value is -1.87. The van der Waals surface area contributed by atoms with Gasteiger partial charge in [0.2, 0.25) is 0 Å². The van der Waals surface area contributed by atoms with Crippen molar-refractivity contribution in [2.24, 2.45) is 11.7 Å². The first kappa shape index (κ1) is 33.6. The highest BCUT2D eigenvalue weighted by Crippen LogP contribution is 2.47. The lowest BCUT2D eigenvalue weighted by atomic mass is 9.73. The Labute approximate surface area is 258 Å². The standard InChI is InChI=1S/C27H40N2O2S.C5H12N2.CH3B/c1-6-8-9-10-20-14-24(30)26(23-13-19(5)11-12-22(23)18(3)4)25(15-20)31-27(32)28-16-21-17-29(21)7-2;1-2-7-4-5(7)3-6;1-2/h13-15,21-23,30H,3,6-12,16-17H2,1-2,4-5H3,(H,28,32);5H,2-4,6H2,1H3;1H3/t21?,22-,23+,29?;;/m0../s1/i;;1D. The van der Waals surface area contributed by atoms with Crippen LogP contribution >= 0.6 is 12.2 Å². The maximum absolute atomic E-state index is 11.2. The Bertz CT molecular complexity index is 1030. The molecule has 0 saturated carbocycles. The molecule has 2 fully saturated rings. The first-order valence-corrected chi connectivity index (χ1v) is 15.9. The molecule has 41 heavy (non-hydrogen) atoms. The summed E-state index contributed by atoms with van der Waals surface area (Å²) in [5, 5.41) is 14.8. The smallest absolute Gasteiger partial charge is 0.262 e. The number of ether oxygens (including phenoxy) is 1. The molecule has 4 unspecified atom stereocenters. The number of rotatable bonds is 12. The summed E-state index contributed by atoms with van der Waals surface area (Å²) in [5.41, 5.74) is 9.78. The van der Waals surface area contributed by atoms with Crippen LogP contribution in [0.4, 0.5) is 0 Å². The van der Waals surface area contributed by atoms with Crippen LogP contribution in [0.2, 0.25) is 6.80 Å². The Morgan fingerprint density at radius 1 is 1.22 bits per heavy atom. The molecule has 0 amide bonds. The van der Waals surface area contributed by atoms with Gasteiger partial charge in [0.1, 0.15) is 11.5 Å². The molecule has 0 bridgehead atoms. The molecule has 8 heteroatoms. The molecule has 228 valence electrons. The number of thiocarbonyl (C=S) groups is 1. The van der Waals surface area contributed by atoms with Crippen LogP contribution in [-0.4, -0.2) is 79.3 Å². The molecule has 1 aliphatic carbocycles. The van der Waals surface area contributed by atoms with Gasteiger partial charge in [-0.15, -0.1) is 0 Å². The highest BCUT2D eigenvalue weighted by molar-refractivity contribution is 7.80. The highest BCUT2D eigenvalue weighted by Gasteiger charge is 2.33. The number of hydrogen-bond donors (Lipinski definition) is 3. The summed E-state index contributed by atoms with van der Waals surface area (Å²) in [5.74, 6) is 1.31. The second-order valence-electron chi connectivity index (χ2n) is 11.5. The number of benzene rings is 1. The molecule has 2 saturated heterocycles. The lowest BCUT2D eigenvalue weighted by molar-refractivity contribution is 0.420. The van der Waals surface area contributed by atoms with Crippen molar-refractivity contribution in [3.8, 4) is 11.5 Å². The first-order chi connectivity index (χ1) is 20.1. The number of nitrogens with zero attached hydrogens (tertiary/aromatic N) is 2. The van der Waals surface area contributed by atoms with Crippen molar-refractivity contribution in [1.82, 2.24) is 15.1 Å². The van der Waals surface area contributed by atoms with Gasteiger partial charge in [-0.05, 0) is 88.5 Å².